The topological polar surface area (TPSA) is 54.5 Å². The maximum absolute atomic E-state index is 12.9. The fourth-order valence-corrected chi connectivity index (χ4v) is 2.94. The van der Waals surface area contributed by atoms with Crippen molar-refractivity contribution in [2.45, 2.75) is 25.5 Å². The molecule has 0 spiro atoms. The molecule has 1 atom stereocenters. The minimum atomic E-state index is -4.56. The molecule has 1 amide bonds. The zero-order valence-corrected chi connectivity index (χ0v) is 11.7. The number of halogens is 1. The first-order valence-electron chi connectivity index (χ1n) is 6.09. The first-order chi connectivity index (χ1) is 8.79. The van der Waals surface area contributed by atoms with Crippen LogP contribution in [0.3, 0.4) is 0 Å². The molecular weight excluding hydrogens is 269 g/mol. The van der Waals surface area contributed by atoms with Crippen LogP contribution < -0.4 is 0 Å². The molecule has 1 aromatic carbocycles. The summed E-state index contributed by atoms with van der Waals surface area (Å²) in [5, 5.41) is -1.08. The maximum atomic E-state index is 12.9. The number of hydrogen-bond donors (Lipinski definition) is 0. The molecule has 1 fully saturated rings. The lowest BCUT2D eigenvalue weighted by atomic mass is 10.1. The summed E-state index contributed by atoms with van der Waals surface area (Å²) in [5.41, 5.74) is 2.60. The standard InChI is InChI=1S/C13H16FNO3S/c1-9-3-4-11(7-10(9)2)13(16)15-6-5-12(8-15)19(14,17)18/h3-4,7,12H,5-6,8H2,1-2H3. The molecule has 2 rings (SSSR count). The minimum Gasteiger partial charge on any atom is -0.337 e. The van der Waals surface area contributed by atoms with Crippen LogP contribution in [0.15, 0.2) is 18.2 Å². The van der Waals surface area contributed by atoms with Gasteiger partial charge in [-0.1, -0.05) is 6.07 Å². The van der Waals surface area contributed by atoms with Gasteiger partial charge in [-0.05, 0) is 43.5 Å². The first kappa shape index (κ1) is 14.0. The lowest BCUT2D eigenvalue weighted by Gasteiger charge is -2.16. The number of benzene rings is 1. The summed E-state index contributed by atoms with van der Waals surface area (Å²) in [6, 6.07) is 5.33. The molecule has 4 nitrogen and oxygen atoms in total. The second-order valence-electron chi connectivity index (χ2n) is 4.94. The molecule has 1 heterocycles. The summed E-state index contributed by atoms with van der Waals surface area (Å²) >= 11 is 0. The molecule has 6 heteroatoms. The lowest BCUT2D eigenvalue weighted by Crippen LogP contribution is -2.31. The Morgan fingerprint density at radius 3 is 2.53 bits per heavy atom. The van der Waals surface area contributed by atoms with Crippen molar-refractivity contribution < 1.29 is 17.1 Å². The first-order valence-corrected chi connectivity index (χ1v) is 7.53. The van der Waals surface area contributed by atoms with E-state index in [9.17, 15) is 17.1 Å². The van der Waals surface area contributed by atoms with Crippen LogP contribution >= 0.6 is 0 Å². The van der Waals surface area contributed by atoms with Gasteiger partial charge >= 0.3 is 10.2 Å². The molecule has 0 bridgehead atoms. The van der Waals surface area contributed by atoms with Crippen LogP contribution in [0.2, 0.25) is 0 Å². The normalized spacial score (nSPS) is 19.7. The van der Waals surface area contributed by atoms with Gasteiger partial charge in [0.15, 0.2) is 0 Å². The predicted octanol–water partition coefficient (Wildman–Crippen LogP) is 1.82. The molecule has 1 saturated heterocycles. The third-order valence-electron chi connectivity index (χ3n) is 3.58. The third-order valence-corrected chi connectivity index (χ3v) is 4.77. The quantitative estimate of drug-likeness (QED) is 0.779. The molecule has 0 saturated carbocycles. The smallest absolute Gasteiger partial charge is 0.307 e. The lowest BCUT2D eigenvalue weighted by molar-refractivity contribution is 0.0793. The van der Waals surface area contributed by atoms with Gasteiger partial charge in [0.1, 0.15) is 5.25 Å². The van der Waals surface area contributed by atoms with E-state index in [1.165, 1.54) is 4.90 Å². The van der Waals surface area contributed by atoms with Gasteiger partial charge in [0.25, 0.3) is 5.91 Å². The Labute approximate surface area is 112 Å². The molecule has 19 heavy (non-hydrogen) atoms. The van der Waals surface area contributed by atoms with Crippen LogP contribution in [0.1, 0.15) is 27.9 Å². The van der Waals surface area contributed by atoms with Crippen molar-refractivity contribution in [3.05, 3.63) is 34.9 Å². The van der Waals surface area contributed by atoms with E-state index in [0.717, 1.165) is 11.1 Å². The minimum absolute atomic E-state index is 0.0649. The van der Waals surface area contributed by atoms with E-state index in [0.29, 0.717) is 5.56 Å². The van der Waals surface area contributed by atoms with Gasteiger partial charge in [-0.2, -0.15) is 8.42 Å². The van der Waals surface area contributed by atoms with Gasteiger partial charge in [0.2, 0.25) is 0 Å². The number of carbonyl (C=O) groups excluding carboxylic acids is 1. The molecule has 0 radical (unpaired) electrons. The molecule has 0 aliphatic carbocycles. The van der Waals surface area contributed by atoms with Crippen LogP contribution in [0.4, 0.5) is 3.89 Å². The summed E-state index contributed by atoms with van der Waals surface area (Å²) in [5.74, 6) is -0.241. The van der Waals surface area contributed by atoms with E-state index in [1.54, 1.807) is 12.1 Å². The molecule has 1 aliphatic heterocycles. The molecule has 1 aliphatic rings. The molecule has 1 aromatic rings. The highest BCUT2D eigenvalue weighted by Gasteiger charge is 2.35. The summed E-state index contributed by atoms with van der Waals surface area (Å²) < 4.78 is 34.5. The van der Waals surface area contributed by atoms with E-state index >= 15 is 0 Å². The largest absolute Gasteiger partial charge is 0.337 e. The number of hydrogen-bond acceptors (Lipinski definition) is 3. The van der Waals surface area contributed by atoms with Crippen molar-refractivity contribution in [2.24, 2.45) is 0 Å². The molecule has 0 aromatic heterocycles. The highest BCUT2D eigenvalue weighted by Crippen LogP contribution is 2.21. The van der Waals surface area contributed by atoms with Gasteiger partial charge in [0.05, 0.1) is 0 Å². The van der Waals surface area contributed by atoms with E-state index in [-0.39, 0.29) is 25.4 Å². The average Bonchev–Trinajstić information content (AvgIpc) is 2.81. The number of rotatable bonds is 2. The van der Waals surface area contributed by atoms with E-state index in [1.807, 2.05) is 19.9 Å². The predicted molar refractivity (Wildman–Crippen MR) is 70.3 cm³/mol. The Morgan fingerprint density at radius 2 is 2.00 bits per heavy atom. The van der Waals surface area contributed by atoms with Crippen LogP contribution in [0.5, 0.6) is 0 Å². The molecule has 1 unspecified atom stereocenters. The number of carbonyl (C=O) groups is 1. The number of amides is 1. The van der Waals surface area contributed by atoms with Crippen molar-refractivity contribution >= 4 is 16.1 Å². The van der Waals surface area contributed by atoms with E-state index in [2.05, 4.69) is 0 Å². The van der Waals surface area contributed by atoms with Crippen LogP contribution in [-0.2, 0) is 10.2 Å². The van der Waals surface area contributed by atoms with Crippen molar-refractivity contribution in [1.82, 2.24) is 4.90 Å². The summed E-state index contributed by atoms with van der Waals surface area (Å²) in [4.78, 5) is 13.6. The SMILES string of the molecule is Cc1ccc(C(=O)N2CCC(S(=O)(=O)F)C2)cc1C. The van der Waals surface area contributed by atoms with Gasteiger partial charge in [-0.15, -0.1) is 3.89 Å². The summed E-state index contributed by atoms with van der Waals surface area (Å²) in [6.07, 6.45) is 0.162. The second-order valence-corrected chi connectivity index (χ2v) is 6.55. The Bertz CT molecular complexity index is 612. The Hall–Kier alpha value is -1.43. The molecule has 104 valence electrons. The van der Waals surface area contributed by atoms with Gasteiger partial charge in [-0.3, -0.25) is 4.79 Å². The monoisotopic (exact) mass is 285 g/mol. The summed E-state index contributed by atoms with van der Waals surface area (Å²) in [6.45, 7) is 4.07. The Kier molecular flexibility index (Phi) is 3.62. The number of nitrogens with zero attached hydrogens (tertiary/aromatic N) is 1. The molecular formula is C13H16FNO3S. The van der Waals surface area contributed by atoms with Crippen molar-refractivity contribution in [1.29, 1.82) is 0 Å². The third kappa shape index (κ3) is 2.94. The second kappa shape index (κ2) is 4.92. The van der Waals surface area contributed by atoms with Crippen LogP contribution in [0, 0.1) is 13.8 Å². The van der Waals surface area contributed by atoms with Crippen molar-refractivity contribution in [3.8, 4) is 0 Å². The van der Waals surface area contributed by atoms with E-state index in [4.69, 9.17) is 0 Å². The average molecular weight is 285 g/mol. The van der Waals surface area contributed by atoms with Gasteiger partial charge in [0, 0.05) is 18.7 Å². The van der Waals surface area contributed by atoms with Crippen molar-refractivity contribution in [2.75, 3.05) is 13.1 Å². The number of aryl methyl sites for hydroxylation is 2. The number of likely N-dealkylation sites (tertiary alicyclic amines) is 1. The van der Waals surface area contributed by atoms with Crippen LogP contribution in [-0.4, -0.2) is 37.6 Å². The summed E-state index contributed by atoms with van der Waals surface area (Å²) in [7, 11) is -4.56. The zero-order chi connectivity index (χ0) is 14.2. The van der Waals surface area contributed by atoms with E-state index < -0.39 is 15.5 Å². The fraction of sp³-hybridized carbons (Fsp3) is 0.462. The highest BCUT2D eigenvalue weighted by atomic mass is 32.3. The molecule has 0 N–H and O–H groups in total. The van der Waals surface area contributed by atoms with Crippen LogP contribution in [0.25, 0.3) is 0 Å². The maximum Gasteiger partial charge on any atom is 0.307 e. The Morgan fingerprint density at radius 1 is 1.32 bits per heavy atom. The Balaban J connectivity index is 2.15. The fourth-order valence-electron chi connectivity index (χ4n) is 2.20. The highest BCUT2D eigenvalue weighted by molar-refractivity contribution is 7.87. The zero-order valence-electron chi connectivity index (χ0n) is 10.9. The van der Waals surface area contributed by atoms with Crippen molar-refractivity contribution in [3.63, 3.8) is 0 Å². The van der Waals surface area contributed by atoms with Gasteiger partial charge < -0.3 is 4.90 Å². The van der Waals surface area contributed by atoms with Gasteiger partial charge in [-0.25, -0.2) is 0 Å².